The van der Waals surface area contributed by atoms with E-state index in [-0.39, 0.29) is 23.5 Å². The highest BCUT2D eigenvalue weighted by atomic mass is 19.3. The number of rotatable bonds is 9. The quantitative estimate of drug-likeness (QED) is 0.404. The lowest BCUT2D eigenvalue weighted by molar-refractivity contribution is -0.151. The van der Waals surface area contributed by atoms with E-state index in [1.165, 1.54) is 10.9 Å². The van der Waals surface area contributed by atoms with Gasteiger partial charge in [-0.05, 0) is 48.2 Å². The number of aliphatic hydroxyl groups is 1. The minimum Gasteiger partial charge on any atom is -0.396 e. The van der Waals surface area contributed by atoms with Crippen LogP contribution in [-0.4, -0.2) is 61.3 Å². The molecule has 1 saturated heterocycles. The van der Waals surface area contributed by atoms with Crippen LogP contribution < -0.4 is 5.32 Å². The zero-order chi connectivity index (χ0) is 28.3. The van der Waals surface area contributed by atoms with Crippen molar-refractivity contribution in [3.8, 4) is 0 Å². The molecule has 2 aliphatic carbocycles. The van der Waals surface area contributed by atoms with E-state index >= 15 is 4.39 Å². The van der Waals surface area contributed by atoms with E-state index in [0.717, 1.165) is 37.2 Å². The molecular formula is C29H33F3N6O2. The molecule has 3 aromatic rings. The summed E-state index contributed by atoms with van der Waals surface area (Å²) in [5, 5.41) is 20.0. The largest absolute Gasteiger partial charge is 0.396 e. The van der Waals surface area contributed by atoms with Gasteiger partial charge in [0.1, 0.15) is 12.0 Å². The molecule has 212 valence electrons. The number of pyridine rings is 1. The number of halogens is 3. The first-order valence-corrected chi connectivity index (χ1v) is 13.6. The minimum absolute atomic E-state index is 0.0138. The number of nitrogens with one attached hydrogen (secondary N) is 1. The molecule has 1 aromatic carbocycles. The Hall–Kier alpha value is -3.31. The first-order valence-electron chi connectivity index (χ1n) is 13.6. The fourth-order valence-electron chi connectivity index (χ4n) is 6.18. The number of carbonyl (C=O) groups excluding carboxylic acids is 1. The lowest BCUT2D eigenvalue weighted by Crippen LogP contribution is -2.55. The minimum atomic E-state index is -2.99. The number of nitrogens with zero attached hydrogens (tertiary/aromatic N) is 5. The predicted molar refractivity (Wildman–Crippen MR) is 142 cm³/mol. The van der Waals surface area contributed by atoms with Crippen molar-refractivity contribution >= 4 is 11.6 Å². The van der Waals surface area contributed by atoms with Crippen LogP contribution in [0.4, 0.5) is 18.9 Å². The monoisotopic (exact) mass is 554 g/mol. The van der Waals surface area contributed by atoms with Crippen molar-refractivity contribution in [2.24, 2.45) is 12.5 Å². The van der Waals surface area contributed by atoms with E-state index in [9.17, 15) is 18.7 Å². The molecule has 1 atom stereocenters. The van der Waals surface area contributed by atoms with Crippen LogP contribution in [0.5, 0.6) is 0 Å². The van der Waals surface area contributed by atoms with Gasteiger partial charge in [0.05, 0.1) is 6.61 Å². The second-order valence-corrected chi connectivity index (χ2v) is 12.2. The number of amides is 1. The number of hydrogen-bond acceptors (Lipinski definition) is 6. The molecule has 3 aliphatic rings. The number of likely N-dealkylation sites (tertiary alicyclic amines) is 1. The topological polar surface area (TPSA) is 96.2 Å². The molecule has 40 heavy (non-hydrogen) atoms. The number of alkyl halides is 3. The predicted octanol–water partition coefficient (Wildman–Crippen LogP) is 4.53. The maximum Gasteiger partial charge on any atom is 0.274 e. The maximum absolute atomic E-state index is 15.8. The molecule has 0 unspecified atom stereocenters. The zero-order valence-electron chi connectivity index (χ0n) is 22.6. The van der Waals surface area contributed by atoms with E-state index in [0.29, 0.717) is 23.7 Å². The highest BCUT2D eigenvalue weighted by molar-refractivity contribution is 6.03. The van der Waals surface area contributed by atoms with Crippen molar-refractivity contribution in [2.45, 2.75) is 62.6 Å². The van der Waals surface area contributed by atoms with Gasteiger partial charge in [0.15, 0.2) is 12.0 Å². The van der Waals surface area contributed by atoms with E-state index in [1.54, 1.807) is 37.4 Å². The second-order valence-electron chi connectivity index (χ2n) is 12.2. The summed E-state index contributed by atoms with van der Waals surface area (Å²) < 4.78 is 45.6. The molecule has 2 aromatic heterocycles. The van der Waals surface area contributed by atoms with Gasteiger partial charge in [-0.25, -0.2) is 18.2 Å². The van der Waals surface area contributed by atoms with Crippen molar-refractivity contribution in [1.29, 1.82) is 0 Å². The third-order valence-electron chi connectivity index (χ3n) is 8.43. The zero-order valence-corrected chi connectivity index (χ0v) is 22.6. The van der Waals surface area contributed by atoms with Crippen LogP contribution in [0.1, 0.15) is 77.8 Å². The molecule has 2 saturated carbocycles. The highest BCUT2D eigenvalue weighted by Gasteiger charge is 2.62. The molecule has 3 fully saturated rings. The summed E-state index contributed by atoms with van der Waals surface area (Å²) >= 11 is 0. The Labute approximate surface area is 230 Å². The molecule has 11 heteroatoms. The summed E-state index contributed by atoms with van der Waals surface area (Å²) in [5.74, 6) is -3.07. The van der Waals surface area contributed by atoms with Gasteiger partial charge in [0, 0.05) is 67.7 Å². The summed E-state index contributed by atoms with van der Waals surface area (Å²) in [5.41, 5.74) is 1.33. The van der Waals surface area contributed by atoms with Crippen LogP contribution in [-0.2, 0) is 19.0 Å². The van der Waals surface area contributed by atoms with Crippen LogP contribution in [0, 0.1) is 5.41 Å². The molecule has 0 spiro atoms. The van der Waals surface area contributed by atoms with E-state index < -0.39 is 36.3 Å². The van der Waals surface area contributed by atoms with Crippen LogP contribution in [0.3, 0.4) is 0 Å². The summed E-state index contributed by atoms with van der Waals surface area (Å²) in [7, 11) is 1.58. The van der Waals surface area contributed by atoms with Crippen molar-refractivity contribution in [3.63, 3.8) is 0 Å². The number of hydrogen-bond donors (Lipinski definition) is 2. The Morgan fingerprint density at radius 1 is 1.20 bits per heavy atom. The third kappa shape index (κ3) is 5.01. The van der Waals surface area contributed by atoms with Crippen LogP contribution in [0.25, 0.3) is 0 Å². The highest BCUT2D eigenvalue weighted by Crippen LogP contribution is 2.60. The molecule has 0 bridgehead atoms. The Balaban J connectivity index is 1.23. The van der Waals surface area contributed by atoms with Gasteiger partial charge in [-0.1, -0.05) is 19.1 Å². The Kier molecular flexibility index (Phi) is 6.49. The Morgan fingerprint density at radius 2 is 1.95 bits per heavy atom. The summed E-state index contributed by atoms with van der Waals surface area (Å²) in [6.07, 6.45) is 0.298. The van der Waals surface area contributed by atoms with E-state index in [4.69, 9.17) is 0 Å². The number of benzene rings is 1. The average Bonchev–Trinajstić information content (AvgIpc) is 3.66. The summed E-state index contributed by atoms with van der Waals surface area (Å²) in [6, 6.07) is 10.3. The van der Waals surface area contributed by atoms with Gasteiger partial charge in [0.25, 0.3) is 5.91 Å². The van der Waals surface area contributed by atoms with Crippen molar-refractivity contribution in [3.05, 3.63) is 71.1 Å². The number of aromatic nitrogens is 4. The average molecular weight is 555 g/mol. The lowest BCUT2D eigenvalue weighted by atomic mass is 9.59. The van der Waals surface area contributed by atoms with Gasteiger partial charge < -0.3 is 15.0 Å². The van der Waals surface area contributed by atoms with Gasteiger partial charge in [-0.15, -0.1) is 10.2 Å². The summed E-state index contributed by atoms with van der Waals surface area (Å²) in [4.78, 5) is 20.2. The first-order chi connectivity index (χ1) is 19.0. The molecule has 1 amide bonds. The van der Waals surface area contributed by atoms with Gasteiger partial charge in [0.2, 0.25) is 5.92 Å². The van der Waals surface area contributed by atoms with Crippen molar-refractivity contribution < 1.29 is 23.1 Å². The van der Waals surface area contributed by atoms with Crippen LogP contribution in [0.2, 0.25) is 0 Å². The molecule has 6 rings (SSSR count). The van der Waals surface area contributed by atoms with Crippen LogP contribution in [0.15, 0.2) is 42.7 Å². The van der Waals surface area contributed by atoms with Crippen LogP contribution >= 0.6 is 0 Å². The van der Waals surface area contributed by atoms with E-state index in [2.05, 4.69) is 31.5 Å². The normalized spacial score (nSPS) is 21.8. The lowest BCUT2D eigenvalue weighted by Gasteiger charge is -2.49. The van der Waals surface area contributed by atoms with Crippen molar-refractivity contribution in [1.82, 2.24) is 24.6 Å². The summed E-state index contributed by atoms with van der Waals surface area (Å²) in [6.45, 7) is 4.41. The van der Waals surface area contributed by atoms with E-state index in [1.807, 2.05) is 6.92 Å². The van der Waals surface area contributed by atoms with Crippen molar-refractivity contribution in [2.75, 3.05) is 25.0 Å². The number of anilines is 1. The van der Waals surface area contributed by atoms with Gasteiger partial charge in [-0.3, -0.25) is 9.69 Å². The molecule has 8 nitrogen and oxygen atoms in total. The molecule has 3 heterocycles. The molecule has 2 N–H and O–H groups in total. The standard InChI is InChI=1S/C29H33F3N6O2/c1-27(16-39)14-38(15-27)11-18-8-22(19-6-7-19)35-23(9-18)26(40)34-21-5-3-4-20(10-21)28(12-29(31,32)13-28)24(30)25-36-33-17-37(25)2/h3-5,8-10,17,19,24,39H,6-7,11-16H2,1-2H3,(H,34,40)/t24-/m1/s1. The molecule has 0 radical (unpaired) electrons. The molecule has 1 aliphatic heterocycles. The fraction of sp³-hybridized carbons (Fsp3) is 0.517. The smallest absolute Gasteiger partial charge is 0.274 e. The number of aliphatic hydroxyl groups excluding tert-OH is 1. The first kappa shape index (κ1) is 26.9. The Bertz CT molecular complexity index is 1420. The Morgan fingerprint density at radius 3 is 2.58 bits per heavy atom. The number of aryl methyl sites for hydroxylation is 1. The number of carbonyl (C=O) groups is 1. The maximum atomic E-state index is 15.8. The molecular weight excluding hydrogens is 521 g/mol. The third-order valence-corrected chi connectivity index (χ3v) is 8.43. The SMILES string of the molecule is Cn1cnnc1[C@@H](F)C1(c2cccc(NC(=O)c3cc(CN4CC(C)(CO)C4)cc(C4CC4)n3)c2)CC(F)(F)C1. The second kappa shape index (κ2) is 9.66. The van der Waals surface area contributed by atoms with Gasteiger partial charge in [-0.2, -0.15) is 0 Å². The van der Waals surface area contributed by atoms with Gasteiger partial charge >= 0.3 is 0 Å². The fourth-order valence-corrected chi connectivity index (χ4v) is 6.18.